The highest BCUT2D eigenvalue weighted by molar-refractivity contribution is 8.00. The number of aliphatic carboxylic acids is 1. The minimum absolute atomic E-state index is 0.0792. The monoisotopic (exact) mass is 421 g/mol. The summed E-state index contributed by atoms with van der Waals surface area (Å²) in [6.07, 6.45) is 1.36. The van der Waals surface area contributed by atoms with E-state index in [2.05, 4.69) is 15.0 Å². The lowest BCUT2D eigenvalue weighted by molar-refractivity contribution is -0.137. The first kappa shape index (κ1) is 20.2. The fraction of sp³-hybridized carbons (Fsp3) is 0.333. The molecule has 3 rings (SSSR count). The van der Waals surface area contributed by atoms with Crippen LogP contribution >= 0.6 is 23.4 Å². The lowest BCUT2D eigenvalue weighted by Crippen LogP contribution is -2.23. The summed E-state index contributed by atoms with van der Waals surface area (Å²) in [6, 6.07) is 7.06. The van der Waals surface area contributed by atoms with Gasteiger partial charge in [-0.15, -0.1) is 0 Å². The molecule has 8 nitrogen and oxygen atoms in total. The van der Waals surface area contributed by atoms with Crippen LogP contribution in [0.1, 0.15) is 13.8 Å². The van der Waals surface area contributed by atoms with Gasteiger partial charge in [0, 0.05) is 5.02 Å². The van der Waals surface area contributed by atoms with E-state index in [4.69, 9.17) is 22.1 Å². The number of halogens is 1. The number of hydrogen-bond acceptors (Lipinski definition) is 7. The van der Waals surface area contributed by atoms with E-state index >= 15 is 0 Å². The number of ether oxygens (including phenoxy) is 1. The topological polar surface area (TPSA) is 116 Å². The van der Waals surface area contributed by atoms with Crippen molar-refractivity contribution in [3.05, 3.63) is 35.6 Å². The van der Waals surface area contributed by atoms with Gasteiger partial charge >= 0.3 is 5.97 Å². The summed E-state index contributed by atoms with van der Waals surface area (Å²) in [5.74, 6) is -0.0389. The molecular formula is C18H20ClN5O3S. The van der Waals surface area contributed by atoms with Crippen molar-refractivity contribution in [2.75, 3.05) is 12.3 Å². The maximum absolute atomic E-state index is 11.6. The first-order chi connectivity index (χ1) is 13.4. The average molecular weight is 422 g/mol. The number of aromatic nitrogens is 4. The Morgan fingerprint density at radius 1 is 1.32 bits per heavy atom. The first-order valence-electron chi connectivity index (χ1n) is 8.61. The smallest absolute Gasteiger partial charge is 0.317 e. The zero-order valence-corrected chi connectivity index (χ0v) is 16.9. The number of carboxylic acid groups (broad SMARTS) is 1. The molecule has 28 heavy (non-hydrogen) atoms. The summed E-state index contributed by atoms with van der Waals surface area (Å²) < 4.78 is 7.57. The van der Waals surface area contributed by atoms with Crippen LogP contribution in [0.5, 0.6) is 5.75 Å². The molecular weight excluding hydrogens is 402 g/mol. The SMILES string of the molecule is CC(C)C(Sc1nc2c(N)ncnc2n1CCOc1ccc(Cl)cc1)C(=O)O. The van der Waals surface area contributed by atoms with Crippen LogP contribution in [0.25, 0.3) is 11.2 Å². The number of carbonyl (C=O) groups is 1. The molecule has 10 heteroatoms. The van der Waals surface area contributed by atoms with Crippen LogP contribution in [-0.2, 0) is 11.3 Å². The molecule has 0 spiro atoms. The molecule has 1 atom stereocenters. The second-order valence-electron chi connectivity index (χ2n) is 6.40. The molecule has 3 N–H and O–H groups in total. The summed E-state index contributed by atoms with van der Waals surface area (Å²) in [5.41, 5.74) is 6.92. The Labute approximate surface area is 171 Å². The predicted molar refractivity (Wildman–Crippen MR) is 109 cm³/mol. The number of rotatable bonds is 8. The van der Waals surface area contributed by atoms with Gasteiger partial charge in [0.15, 0.2) is 22.1 Å². The number of benzene rings is 1. The van der Waals surface area contributed by atoms with Crippen LogP contribution in [0.3, 0.4) is 0 Å². The Morgan fingerprint density at radius 3 is 2.68 bits per heavy atom. The van der Waals surface area contributed by atoms with Gasteiger partial charge in [-0.2, -0.15) is 0 Å². The molecule has 2 aromatic heterocycles. The number of imidazole rings is 1. The van der Waals surface area contributed by atoms with Crippen LogP contribution in [0, 0.1) is 5.92 Å². The predicted octanol–water partition coefficient (Wildman–Crippen LogP) is 3.34. The second kappa shape index (κ2) is 8.66. The summed E-state index contributed by atoms with van der Waals surface area (Å²) in [4.78, 5) is 24.4. The minimum atomic E-state index is -0.893. The second-order valence-corrected chi connectivity index (χ2v) is 7.95. The lowest BCUT2D eigenvalue weighted by atomic mass is 10.1. The van der Waals surface area contributed by atoms with Crippen LogP contribution in [0.4, 0.5) is 5.82 Å². The van der Waals surface area contributed by atoms with Crippen LogP contribution in [0.15, 0.2) is 35.7 Å². The number of nitrogens with zero attached hydrogens (tertiary/aromatic N) is 4. The van der Waals surface area contributed by atoms with Crippen molar-refractivity contribution in [2.24, 2.45) is 5.92 Å². The Kier molecular flexibility index (Phi) is 6.25. The molecule has 0 radical (unpaired) electrons. The first-order valence-corrected chi connectivity index (χ1v) is 9.87. The van der Waals surface area contributed by atoms with Crippen molar-refractivity contribution in [1.82, 2.24) is 19.5 Å². The van der Waals surface area contributed by atoms with Gasteiger partial charge in [0.1, 0.15) is 23.9 Å². The normalized spacial score (nSPS) is 12.4. The van der Waals surface area contributed by atoms with Gasteiger partial charge in [0.25, 0.3) is 0 Å². The lowest BCUT2D eigenvalue weighted by Gasteiger charge is -2.16. The quantitative estimate of drug-likeness (QED) is 0.532. The van der Waals surface area contributed by atoms with E-state index < -0.39 is 11.2 Å². The minimum Gasteiger partial charge on any atom is -0.492 e. The largest absolute Gasteiger partial charge is 0.492 e. The molecule has 0 bridgehead atoms. The van der Waals surface area contributed by atoms with Crippen molar-refractivity contribution < 1.29 is 14.6 Å². The molecule has 2 heterocycles. The number of fused-ring (bicyclic) bond motifs is 1. The van der Waals surface area contributed by atoms with Gasteiger partial charge in [-0.3, -0.25) is 4.79 Å². The fourth-order valence-electron chi connectivity index (χ4n) is 2.60. The van der Waals surface area contributed by atoms with Crippen LogP contribution in [-0.4, -0.2) is 42.5 Å². The van der Waals surface area contributed by atoms with Gasteiger partial charge in [-0.05, 0) is 30.2 Å². The van der Waals surface area contributed by atoms with E-state index in [0.29, 0.717) is 40.2 Å². The number of carboxylic acids is 1. The van der Waals surface area contributed by atoms with Crippen molar-refractivity contribution in [1.29, 1.82) is 0 Å². The molecule has 1 unspecified atom stereocenters. The molecule has 1 aromatic carbocycles. The Hall–Kier alpha value is -2.52. The summed E-state index contributed by atoms with van der Waals surface area (Å²) in [6.45, 7) is 4.47. The Bertz CT molecular complexity index is 977. The molecule has 148 valence electrons. The summed E-state index contributed by atoms with van der Waals surface area (Å²) in [7, 11) is 0. The number of thioether (sulfide) groups is 1. The number of nitrogens with two attached hydrogens (primary N) is 1. The molecule has 0 saturated carbocycles. The van der Waals surface area contributed by atoms with Crippen LogP contribution < -0.4 is 10.5 Å². The molecule has 0 aliphatic rings. The van der Waals surface area contributed by atoms with Gasteiger partial charge in [-0.1, -0.05) is 37.2 Å². The highest BCUT2D eigenvalue weighted by Gasteiger charge is 2.26. The van der Waals surface area contributed by atoms with Crippen molar-refractivity contribution >= 4 is 46.3 Å². The Morgan fingerprint density at radius 2 is 2.04 bits per heavy atom. The average Bonchev–Trinajstić information content (AvgIpc) is 3.00. The molecule has 0 aliphatic carbocycles. The van der Waals surface area contributed by atoms with Gasteiger partial charge in [0.05, 0.1) is 6.54 Å². The molecule has 0 saturated heterocycles. The third kappa shape index (κ3) is 4.48. The maximum Gasteiger partial charge on any atom is 0.317 e. The van der Waals surface area contributed by atoms with Gasteiger partial charge < -0.3 is 20.1 Å². The molecule has 3 aromatic rings. The highest BCUT2D eigenvalue weighted by Crippen LogP contribution is 2.31. The van der Waals surface area contributed by atoms with Crippen molar-refractivity contribution in [3.63, 3.8) is 0 Å². The van der Waals surface area contributed by atoms with E-state index in [1.807, 2.05) is 18.4 Å². The maximum atomic E-state index is 11.6. The standard InChI is InChI=1S/C18H20ClN5O3S/c1-10(2)14(17(25)26)28-18-23-13-15(20)21-9-22-16(13)24(18)7-8-27-12-5-3-11(19)4-6-12/h3-6,9-10,14H,7-8H2,1-2H3,(H,25,26)(H2,20,21,22). The molecule has 0 fully saturated rings. The summed E-state index contributed by atoms with van der Waals surface area (Å²) in [5, 5.41) is 10.0. The van der Waals surface area contributed by atoms with Crippen LogP contribution in [0.2, 0.25) is 5.02 Å². The fourth-order valence-corrected chi connectivity index (χ4v) is 3.77. The zero-order valence-electron chi connectivity index (χ0n) is 15.4. The van der Waals surface area contributed by atoms with E-state index in [0.717, 1.165) is 0 Å². The van der Waals surface area contributed by atoms with Crippen molar-refractivity contribution in [2.45, 2.75) is 30.8 Å². The van der Waals surface area contributed by atoms with Gasteiger partial charge in [-0.25, -0.2) is 15.0 Å². The van der Waals surface area contributed by atoms with E-state index in [1.54, 1.807) is 24.3 Å². The van der Waals surface area contributed by atoms with Crippen molar-refractivity contribution in [3.8, 4) is 5.75 Å². The zero-order chi connectivity index (χ0) is 20.3. The molecule has 0 amide bonds. The number of anilines is 1. The Balaban J connectivity index is 1.86. The van der Waals surface area contributed by atoms with E-state index in [1.165, 1.54) is 18.1 Å². The van der Waals surface area contributed by atoms with E-state index in [9.17, 15) is 9.90 Å². The third-order valence-corrected chi connectivity index (χ3v) is 5.78. The number of hydrogen-bond donors (Lipinski definition) is 2. The molecule has 0 aliphatic heterocycles. The van der Waals surface area contributed by atoms with Gasteiger partial charge in [0.2, 0.25) is 0 Å². The third-order valence-electron chi connectivity index (χ3n) is 4.00. The highest BCUT2D eigenvalue weighted by atomic mass is 35.5. The number of nitrogen functional groups attached to an aromatic ring is 1. The van der Waals surface area contributed by atoms with E-state index in [-0.39, 0.29) is 11.7 Å². The summed E-state index contributed by atoms with van der Waals surface area (Å²) >= 11 is 7.05.